The van der Waals surface area contributed by atoms with Gasteiger partial charge < -0.3 is 10.1 Å². The van der Waals surface area contributed by atoms with Crippen molar-refractivity contribution in [1.29, 1.82) is 0 Å². The topological polar surface area (TPSA) is 67.6 Å². The van der Waals surface area contributed by atoms with E-state index in [0.29, 0.717) is 17.7 Å². The maximum Gasteiger partial charge on any atom is 0.311 e. The van der Waals surface area contributed by atoms with Crippen molar-refractivity contribution in [2.24, 2.45) is 5.92 Å². The Morgan fingerprint density at radius 1 is 1.30 bits per heavy atom. The lowest BCUT2D eigenvalue weighted by Crippen LogP contribution is -2.45. The molecule has 1 aromatic carbocycles. The van der Waals surface area contributed by atoms with Gasteiger partial charge in [-0.15, -0.1) is 24.8 Å². The largest absolute Gasteiger partial charge is 0.490 e. The van der Waals surface area contributed by atoms with Crippen LogP contribution in [0.5, 0.6) is 5.75 Å². The van der Waals surface area contributed by atoms with Crippen LogP contribution >= 0.6 is 24.8 Å². The number of ether oxygens (including phenoxy) is 1. The third-order valence-corrected chi connectivity index (χ3v) is 4.35. The van der Waals surface area contributed by atoms with E-state index in [1.165, 1.54) is 20.0 Å². The van der Waals surface area contributed by atoms with Crippen molar-refractivity contribution in [3.05, 3.63) is 33.9 Å². The van der Waals surface area contributed by atoms with Crippen LogP contribution in [0.3, 0.4) is 0 Å². The minimum absolute atomic E-state index is 0. The molecular weight excluding hydrogens is 341 g/mol. The highest BCUT2D eigenvalue weighted by Crippen LogP contribution is 2.46. The van der Waals surface area contributed by atoms with Gasteiger partial charge in [-0.25, -0.2) is 0 Å². The van der Waals surface area contributed by atoms with E-state index in [4.69, 9.17) is 4.74 Å². The summed E-state index contributed by atoms with van der Waals surface area (Å²) < 4.78 is 5.10. The molecule has 2 fully saturated rings. The standard InChI is InChI=1S/C15H21N3O3.2ClH/c1-21-14-5-4-12(10-13(14)18(19)20)15(11-2-3-11)17-8-6-16-7-9-17;;/h4-5,10-11,15-16H,2-3,6-9H2,1H3;2*1H/t15-;;/m1../s1. The summed E-state index contributed by atoms with van der Waals surface area (Å²) >= 11 is 0. The number of hydrogen-bond donors (Lipinski definition) is 1. The first-order valence-electron chi connectivity index (χ1n) is 7.48. The molecular formula is C15H23Cl2N3O3. The Morgan fingerprint density at radius 3 is 2.48 bits per heavy atom. The van der Waals surface area contributed by atoms with Crippen LogP contribution in [0.25, 0.3) is 0 Å². The second-order valence-electron chi connectivity index (χ2n) is 5.76. The molecule has 1 heterocycles. The molecule has 1 saturated carbocycles. The van der Waals surface area contributed by atoms with Crippen LogP contribution in [0, 0.1) is 16.0 Å². The smallest absolute Gasteiger partial charge is 0.311 e. The van der Waals surface area contributed by atoms with Gasteiger partial charge in [0.15, 0.2) is 5.75 Å². The molecule has 8 heteroatoms. The third-order valence-electron chi connectivity index (χ3n) is 4.35. The van der Waals surface area contributed by atoms with Gasteiger partial charge in [0.2, 0.25) is 0 Å². The Labute approximate surface area is 148 Å². The number of nitro groups is 1. The monoisotopic (exact) mass is 363 g/mol. The molecule has 1 atom stereocenters. The van der Waals surface area contributed by atoms with E-state index in [9.17, 15) is 10.1 Å². The lowest BCUT2D eigenvalue weighted by molar-refractivity contribution is -0.385. The zero-order chi connectivity index (χ0) is 14.8. The van der Waals surface area contributed by atoms with Gasteiger partial charge in [-0.1, -0.05) is 6.07 Å². The molecule has 3 rings (SSSR count). The number of nitrogens with one attached hydrogen (secondary N) is 1. The highest BCUT2D eigenvalue weighted by Gasteiger charge is 2.37. The molecule has 0 radical (unpaired) electrons. The van der Waals surface area contributed by atoms with Crippen molar-refractivity contribution < 1.29 is 9.66 Å². The minimum atomic E-state index is -0.357. The fourth-order valence-corrected chi connectivity index (χ4v) is 3.19. The van der Waals surface area contributed by atoms with Gasteiger partial charge in [0.1, 0.15) is 0 Å². The Bertz CT molecular complexity index is 535. The minimum Gasteiger partial charge on any atom is -0.490 e. The predicted molar refractivity (Wildman–Crippen MR) is 94.1 cm³/mol. The normalized spacial score (nSPS) is 19.2. The second kappa shape index (κ2) is 8.68. The molecule has 0 unspecified atom stereocenters. The first-order chi connectivity index (χ1) is 10.2. The molecule has 6 nitrogen and oxygen atoms in total. The van der Waals surface area contributed by atoms with E-state index < -0.39 is 0 Å². The summed E-state index contributed by atoms with van der Waals surface area (Å²) in [6.45, 7) is 3.98. The molecule has 1 aromatic rings. The van der Waals surface area contributed by atoms with Gasteiger partial charge in [0.05, 0.1) is 12.0 Å². The Morgan fingerprint density at radius 2 is 1.96 bits per heavy atom. The van der Waals surface area contributed by atoms with Gasteiger partial charge in [-0.2, -0.15) is 0 Å². The van der Waals surface area contributed by atoms with Crippen LogP contribution in [0.2, 0.25) is 0 Å². The van der Waals surface area contributed by atoms with E-state index in [1.807, 2.05) is 6.07 Å². The van der Waals surface area contributed by atoms with Crippen molar-refractivity contribution in [1.82, 2.24) is 10.2 Å². The summed E-state index contributed by atoms with van der Waals surface area (Å²) in [4.78, 5) is 13.3. The first-order valence-corrected chi connectivity index (χ1v) is 7.48. The van der Waals surface area contributed by atoms with Crippen molar-refractivity contribution in [2.45, 2.75) is 18.9 Å². The van der Waals surface area contributed by atoms with Crippen molar-refractivity contribution in [3.8, 4) is 5.75 Å². The van der Waals surface area contributed by atoms with Crippen LogP contribution in [-0.4, -0.2) is 43.1 Å². The molecule has 0 spiro atoms. The molecule has 1 aliphatic carbocycles. The van der Waals surface area contributed by atoms with Crippen LogP contribution in [0.4, 0.5) is 5.69 Å². The fraction of sp³-hybridized carbons (Fsp3) is 0.600. The van der Waals surface area contributed by atoms with Crippen molar-refractivity contribution >= 4 is 30.5 Å². The molecule has 0 aromatic heterocycles. The molecule has 2 aliphatic rings. The maximum absolute atomic E-state index is 11.2. The lowest BCUT2D eigenvalue weighted by atomic mass is 9.99. The Balaban J connectivity index is 0.00000132. The summed E-state index contributed by atoms with van der Waals surface area (Å²) in [6.07, 6.45) is 2.43. The zero-order valence-electron chi connectivity index (χ0n) is 13.1. The summed E-state index contributed by atoms with van der Waals surface area (Å²) in [6, 6.07) is 5.71. The van der Waals surface area contributed by atoms with Gasteiger partial charge in [0, 0.05) is 38.3 Å². The summed E-state index contributed by atoms with van der Waals surface area (Å²) in [7, 11) is 1.47. The number of halogens is 2. The fourth-order valence-electron chi connectivity index (χ4n) is 3.19. The molecule has 0 amide bonds. The SMILES string of the molecule is COc1ccc([C@@H](C2CC2)N2CCNCC2)cc1[N+](=O)[O-].Cl.Cl. The Hall–Kier alpha value is -1.08. The van der Waals surface area contributed by atoms with E-state index in [1.54, 1.807) is 12.1 Å². The quantitative estimate of drug-likeness (QED) is 0.643. The lowest BCUT2D eigenvalue weighted by Gasteiger charge is -2.35. The predicted octanol–water partition coefficient (Wildman–Crippen LogP) is 2.80. The van der Waals surface area contributed by atoms with Crippen LogP contribution < -0.4 is 10.1 Å². The molecule has 1 aliphatic heterocycles. The third kappa shape index (κ3) is 4.47. The highest BCUT2D eigenvalue weighted by molar-refractivity contribution is 5.85. The number of methoxy groups -OCH3 is 1. The number of rotatable bonds is 5. The average Bonchev–Trinajstić information content (AvgIpc) is 3.33. The van der Waals surface area contributed by atoms with E-state index in [-0.39, 0.29) is 35.4 Å². The first kappa shape index (κ1) is 20.0. The highest BCUT2D eigenvalue weighted by atomic mass is 35.5. The van der Waals surface area contributed by atoms with E-state index in [2.05, 4.69) is 10.2 Å². The number of benzene rings is 1. The molecule has 1 saturated heterocycles. The second-order valence-corrected chi connectivity index (χ2v) is 5.76. The van der Waals surface area contributed by atoms with E-state index in [0.717, 1.165) is 31.7 Å². The number of nitro benzene ring substituents is 1. The maximum atomic E-state index is 11.2. The van der Waals surface area contributed by atoms with Crippen LogP contribution in [0.15, 0.2) is 18.2 Å². The number of nitrogens with zero attached hydrogens (tertiary/aromatic N) is 2. The van der Waals surface area contributed by atoms with E-state index >= 15 is 0 Å². The van der Waals surface area contributed by atoms with Gasteiger partial charge in [-0.05, 0) is 30.4 Å². The van der Waals surface area contributed by atoms with Crippen molar-refractivity contribution in [2.75, 3.05) is 33.3 Å². The number of hydrogen-bond acceptors (Lipinski definition) is 5. The molecule has 23 heavy (non-hydrogen) atoms. The van der Waals surface area contributed by atoms with Crippen LogP contribution in [-0.2, 0) is 0 Å². The van der Waals surface area contributed by atoms with Gasteiger partial charge in [0.25, 0.3) is 0 Å². The average molecular weight is 364 g/mol. The Kier molecular flexibility index (Phi) is 7.54. The molecule has 130 valence electrons. The van der Waals surface area contributed by atoms with Crippen molar-refractivity contribution in [3.63, 3.8) is 0 Å². The zero-order valence-corrected chi connectivity index (χ0v) is 14.7. The van der Waals surface area contributed by atoms with Gasteiger partial charge >= 0.3 is 5.69 Å². The molecule has 0 bridgehead atoms. The van der Waals surface area contributed by atoms with Gasteiger partial charge in [-0.3, -0.25) is 15.0 Å². The summed E-state index contributed by atoms with van der Waals surface area (Å²) in [5, 5.41) is 14.6. The molecule has 1 N–H and O–H groups in total. The van der Waals surface area contributed by atoms with Crippen LogP contribution in [0.1, 0.15) is 24.4 Å². The summed E-state index contributed by atoms with van der Waals surface area (Å²) in [5.74, 6) is 0.967. The number of piperazine rings is 1. The summed E-state index contributed by atoms with van der Waals surface area (Å²) in [5.41, 5.74) is 1.11.